The maximum Gasteiger partial charge on any atom is 0.178 e. The van der Waals surface area contributed by atoms with Gasteiger partial charge in [0, 0.05) is 12.7 Å². The van der Waals surface area contributed by atoms with Crippen LogP contribution >= 0.6 is 0 Å². The molecule has 0 spiro atoms. The van der Waals surface area contributed by atoms with E-state index in [9.17, 15) is 8.78 Å². The lowest BCUT2D eigenvalue weighted by Crippen LogP contribution is -2.32. The summed E-state index contributed by atoms with van der Waals surface area (Å²) in [5.41, 5.74) is 2.08. The lowest BCUT2D eigenvalue weighted by atomic mass is 10.1. The summed E-state index contributed by atoms with van der Waals surface area (Å²) in [6.07, 6.45) is 0. The number of hydrogen-bond donors (Lipinski definition) is 3. The minimum Gasteiger partial charge on any atom is -0.380 e. The van der Waals surface area contributed by atoms with Gasteiger partial charge in [-0.1, -0.05) is 13.8 Å². The smallest absolute Gasteiger partial charge is 0.178 e. The van der Waals surface area contributed by atoms with E-state index >= 15 is 0 Å². The molecule has 1 unspecified atom stereocenters. The summed E-state index contributed by atoms with van der Waals surface area (Å²) in [4.78, 5) is 3.77. The Balaban J connectivity index is 2.89. The Kier molecular flexibility index (Phi) is 5.91. The molecule has 7 heteroatoms. The summed E-state index contributed by atoms with van der Waals surface area (Å²) < 4.78 is 32.2. The normalized spacial score (nSPS) is 12.6. The number of nitrogen functional groups attached to an aromatic ring is 1. The van der Waals surface area contributed by atoms with E-state index in [0.717, 1.165) is 6.07 Å². The molecule has 0 saturated heterocycles. The van der Waals surface area contributed by atoms with Crippen LogP contribution in [0.1, 0.15) is 20.8 Å². The molecule has 1 aromatic rings. The van der Waals surface area contributed by atoms with Crippen LogP contribution in [0.3, 0.4) is 0 Å². The molecule has 1 heterocycles. The highest BCUT2D eigenvalue weighted by atomic mass is 19.1. The molecule has 0 aliphatic heterocycles. The molecule has 1 atom stereocenters. The van der Waals surface area contributed by atoms with Gasteiger partial charge in [-0.05, 0) is 12.8 Å². The molecule has 108 valence electrons. The van der Waals surface area contributed by atoms with Gasteiger partial charge < -0.3 is 15.5 Å². The van der Waals surface area contributed by atoms with Crippen molar-refractivity contribution in [3.63, 3.8) is 0 Å². The average Bonchev–Trinajstić information content (AvgIpc) is 2.36. The van der Waals surface area contributed by atoms with Crippen molar-refractivity contribution in [3.8, 4) is 0 Å². The molecule has 0 saturated carbocycles. The quantitative estimate of drug-likeness (QED) is 0.524. The average molecular weight is 274 g/mol. The first kappa shape index (κ1) is 15.6. The summed E-state index contributed by atoms with van der Waals surface area (Å²) in [7, 11) is 0. The highest BCUT2D eigenvalue weighted by Crippen LogP contribution is 2.20. The van der Waals surface area contributed by atoms with Crippen molar-refractivity contribution in [2.24, 2.45) is 11.8 Å². The number of hydrogen-bond acceptors (Lipinski definition) is 5. The molecule has 19 heavy (non-hydrogen) atoms. The van der Waals surface area contributed by atoms with Gasteiger partial charge in [-0.2, -0.15) is 0 Å². The van der Waals surface area contributed by atoms with Gasteiger partial charge >= 0.3 is 0 Å². The van der Waals surface area contributed by atoms with Gasteiger partial charge in [-0.3, -0.25) is 0 Å². The number of ether oxygens (including phenoxy) is 1. The molecule has 0 bridgehead atoms. The second-order valence-corrected chi connectivity index (χ2v) is 4.45. The third-order valence-electron chi connectivity index (χ3n) is 2.69. The van der Waals surface area contributed by atoms with E-state index in [1.54, 1.807) is 0 Å². The molecule has 0 amide bonds. The van der Waals surface area contributed by atoms with Gasteiger partial charge in [0.15, 0.2) is 23.3 Å². The maximum atomic E-state index is 13.6. The number of pyridine rings is 1. The Hall–Kier alpha value is -1.47. The number of aromatic nitrogens is 1. The van der Waals surface area contributed by atoms with Crippen molar-refractivity contribution in [2.75, 3.05) is 24.0 Å². The number of nitrogens with zero attached hydrogens (tertiary/aromatic N) is 1. The zero-order valence-electron chi connectivity index (χ0n) is 11.3. The van der Waals surface area contributed by atoms with Crippen molar-refractivity contribution in [2.45, 2.75) is 26.8 Å². The first-order valence-electron chi connectivity index (χ1n) is 6.16. The first-order chi connectivity index (χ1) is 8.99. The van der Waals surface area contributed by atoms with Crippen LogP contribution in [-0.4, -0.2) is 24.2 Å². The van der Waals surface area contributed by atoms with Crippen LogP contribution in [0.15, 0.2) is 6.07 Å². The van der Waals surface area contributed by atoms with E-state index in [-0.39, 0.29) is 23.6 Å². The lowest BCUT2D eigenvalue weighted by molar-refractivity contribution is 0.126. The predicted octanol–water partition coefficient (Wildman–Crippen LogP) is 2.12. The summed E-state index contributed by atoms with van der Waals surface area (Å²) >= 11 is 0. The Morgan fingerprint density at radius 1 is 1.32 bits per heavy atom. The van der Waals surface area contributed by atoms with Crippen LogP contribution < -0.4 is 16.6 Å². The standard InChI is InChI=1S/C12H20F2N4O/c1-4-19-6-10(7(2)3)16-11-8(13)5-9(14)12(17-11)18-15/h5,7,10H,4,6,15H2,1-3H3,(H2,16,17,18). The van der Waals surface area contributed by atoms with E-state index < -0.39 is 11.6 Å². The minimum absolute atomic E-state index is 0.0484. The van der Waals surface area contributed by atoms with Gasteiger partial charge in [0.1, 0.15) is 0 Å². The Labute approximate surface area is 111 Å². The number of anilines is 2. The molecule has 0 aliphatic rings. The second kappa shape index (κ2) is 7.20. The van der Waals surface area contributed by atoms with Crippen LogP contribution in [0.2, 0.25) is 0 Å². The topological polar surface area (TPSA) is 72.2 Å². The van der Waals surface area contributed by atoms with Crippen molar-refractivity contribution in [1.82, 2.24) is 4.98 Å². The third kappa shape index (κ3) is 4.29. The fourth-order valence-electron chi connectivity index (χ4n) is 1.49. The molecule has 1 aromatic heterocycles. The SMILES string of the molecule is CCOCC(Nc1nc(NN)c(F)cc1F)C(C)C. The molecular formula is C12H20F2N4O. The highest BCUT2D eigenvalue weighted by Gasteiger charge is 2.18. The third-order valence-corrected chi connectivity index (χ3v) is 2.69. The molecule has 0 fully saturated rings. The fourth-order valence-corrected chi connectivity index (χ4v) is 1.49. The second-order valence-electron chi connectivity index (χ2n) is 4.45. The van der Waals surface area contributed by atoms with E-state index in [4.69, 9.17) is 10.6 Å². The van der Waals surface area contributed by atoms with Crippen LogP contribution in [0.25, 0.3) is 0 Å². The van der Waals surface area contributed by atoms with Gasteiger partial charge in [0.25, 0.3) is 0 Å². The predicted molar refractivity (Wildman–Crippen MR) is 70.7 cm³/mol. The largest absolute Gasteiger partial charge is 0.380 e. The first-order valence-corrected chi connectivity index (χ1v) is 6.16. The van der Waals surface area contributed by atoms with Gasteiger partial charge in [-0.25, -0.2) is 19.6 Å². The van der Waals surface area contributed by atoms with Crippen LogP contribution in [0.4, 0.5) is 20.4 Å². The zero-order valence-corrected chi connectivity index (χ0v) is 11.3. The van der Waals surface area contributed by atoms with Crippen molar-refractivity contribution in [1.29, 1.82) is 0 Å². The van der Waals surface area contributed by atoms with E-state index in [1.165, 1.54) is 0 Å². The molecule has 4 N–H and O–H groups in total. The van der Waals surface area contributed by atoms with E-state index in [0.29, 0.717) is 13.2 Å². The summed E-state index contributed by atoms with van der Waals surface area (Å²) in [5.74, 6) is 3.46. The molecule has 5 nitrogen and oxygen atoms in total. The van der Waals surface area contributed by atoms with Crippen molar-refractivity contribution in [3.05, 3.63) is 17.7 Å². The Morgan fingerprint density at radius 2 is 1.95 bits per heavy atom. The zero-order chi connectivity index (χ0) is 14.4. The number of rotatable bonds is 7. The molecule has 0 aliphatic carbocycles. The van der Waals surface area contributed by atoms with Gasteiger partial charge in [-0.15, -0.1) is 0 Å². The van der Waals surface area contributed by atoms with Crippen LogP contribution in [0, 0.1) is 17.6 Å². The Morgan fingerprint density at radius 3 is 2.47 bits per heavy atom. The highest BCUT2D eigenvalue weighted by molar-refractivity contribution is 5.47. The number of hydrazine groups is 1. The monoisotopic (exact) mass is 274 g/mol. The maximum absolute atomic E-state index is 13.6. The van der Waals surface area contributed by atoms with Crippen LogP contribution in [-0.2, 0) is 4.74 Å². The fraction of sp³-hybridized carbons (Fsp3) is 0.583. The van der Waals surface area contributed by atoms with E-state index in [1.807, 2.05) is 20.8 Å². The van der Waals surface area contributed by atoms with Crippen LogP contribution in [0.5, 0.6) is 0 Å². The lowest BCUT2D eigenvalue weighted by Gasteiger charge is -2.23. The molecule has 1 rings (SSSR count). The van der Waals surface area contributed by atoms with Crippen molar-refractivity contribution < 1.29 is 13.5 Å². The summed E-state index contributed by atoms with van der Waals surface area (Å²) in [5, 5.41) is 2.91. The number of nitrogens with one attached hydrogen (secondary N) is 2. The Bertz CT molecular complexity index is 415. The van der Waals surface area contributed by atoms with Gasteiger partial charge in [0.2, 0.25) is 0 Å². The summed E-state index contributed by atoms with van der Waals surface area (Å²) in [6.45, 7) is 6.81. The minimum atomic E-state index is -0.837. The summed E-state index contributed by atoms with van der Waals surface area (Å²) in [6, 6.07) is 0.612. The van der Waals surface area contributed by atoms with Crippen molar-refractivity contribution >= 4 is 11.6 Å². The molecule has 0 radical (unpaired) electrons. The molecular weight excluding hydrogens is 254 g/mol. The molecule has 0 aromatic carbocycles. The van der Waals surface area contributed by atoms with Gasteiger partial charge in [0.05, 0.1) is 12.6 Å². The number of halogens is 2. The number of nitrogens with two attached hydrogens (primary N) is 1. The van der Waals surface area contributed by atoms with E-state index in [2.05, 4.69) is 15.7 Å².